The van der Waals surface area contributed by atoms with Crippen molar-refractivity contribution in [1.82, 2.24) is 9.55 Å². The summed E-state index contributed by atoms with van der Waals surface area (Å²) in [5, 5.41) is 9.55. The van der Waals surface area contributed by atoms with Gasteiger partial charge in [0.2, 0.25) is 0 Å². The molecule has 6 nitrogen and oxygen atoms in total. The molecule has 1 unspecified atom stereocenters. The Morgan fingerprint density at radius 3 is 3.12 bits per heavy atom. The lowest BCUT2D eigenvalue weighted by Crippen LogP contribution is -2.24. The Kier molecular flexibility index (Phi) is 4.55. The molecule has 1 fully saturated rings. The fraction of sp³-hybridized carbons (Fsp3) is 0.474. The summed E-state index contributed by atoms with van der Waals surface area (Å²) in [5.41, 5.74) is 4.56. The molecule has 2 aromatic rings. The van der Waals surface area contributed by atoms with Gasteiger partial charge in [-0.2, -0.15) is 0 Å². The number of fused-ring (bicyclic) bond motifs is 3. The molecule has 1 N–H and O–H groups in total. The lowest BCUT2D eigenvalue weighted by atomic mass is 9.90. The molecule has 6 heteroatoms. The topological polar surface area (TPSA) is 73.6 Å². The Morgan fingerprint density at radius 2 is 2.32 bits per heavy atom. The molecule has 0 aromatic carbocycles. The molecule has 1 atom stereocenters. The third-order valence-electron chi connectivity index (χ3n) is 4.99. The van der Waals surface area contributed by atoms with Crippen LogP contribution in [0.2, 0.25) is 0 Å². The zero-order valence-corrected chi connectivity index (χ0v) is 14.1. The van der Waals surface area contributed by atoms with Crippen LogP contribution in [0.3, 0.4) is 0 Å². The van der Waals surface area contributed by atoms with Crippen LogP contribution in [0.5, 0.6) is 0 Å². The molecule has 25 heavy (non-hydrogen) atoms. The SMILES string of the molecule is O=C(O)c1cn(CCOC2CCCCO2)c2c1CCc1cnccc1-2. The summed E-state index contributed by atoms with van der Waals surface area (Å²) < 4.78 is 13.4. The number of aromatic carboxylic acids is 1. The number of hydrogen-bond acceptors (Lipinski definition) is 4. The minimum atomic E-state index is -0.871. The molecule has 0 saturated carbocycles. The highest BCUT2D eigenvalue weighted by Gasteiger charge is 2.26. The van der Waals surface area contributed by atoms with Crippen LogP contribution in [0.25, 0.3) is 11.3 Å². The molecule has 1 saturated heterocycles. The van der Waals surface area contributed by atoms with Crippen molar-refractivity contribution in [3.63, 3.8) is 0 Å². The quantitative estimate of drug-likeness (QED) is 0.904. The number of nitrogens with zero attached hydrogens (tertiary/aromatic N) is 2. The van der Waals surface area contributed by atoms with Crippen LogP contribution in [0.4, 0.5) is 0 Å². The Labute approximate surface area is 146 Å². The van der Waals surface area contributed by atoms with Crippen LogP contribution in [0, 0.1) is 0 Å². The van der Waals surface area contributed by atoms with Crippen LogP contribution in [0.15, 0.2) is 24.7 Å². The molecule has 0 spiro atoms. The number of aryl methyl sites for hydroxylation is 1. The lowest BCUT2D eigenvalue weighted by molar-refractivity contribution is -0.163. The number of carboxylic acids is 1. The standard InChI is InChI=1S/C19H22N2O4/c22-19(23)16-12-21(8-10-25-17-3-1-2-9-24-17)18-14-6-7-20-11-13(14)4-5-15(16)18/h6-7,11-12,17H,1-5,8-10H2,(H,22,23). The summed E-state index contributed by atoms with van der Waals surface area (Å²) >= 11 is 0. The molecule has 0 bridgehead atoms. The zero-order valence-electron chi connectivity index (χ0n) is 14.1. The maximum atomic E-state index is 11.6. The number of rotatable bonds is 5. The molecule has 4 rings (SSSR count). The molecule has 3 heterocycles. The van der Waals surface area contributed by atoms with Crippen molar-refractivity contribution >= 4 is 5.97 Å². The second kappa shape index (κ2) is 6.98. The maximum absolute atomic E-state index is 11.6. The first-order valence-electron chi connectivity index (χ1n) is 8.86. The largest absolute Gasteiger partial charge is 0.478 e. The van der Waals surface area contributed by atoms with E-state index in [0.29, 0.717) is 18.7 Å². The van der Waals surface area contributed by atoms with E-state index in [-0.39, 0.29) is 6.29 Å². The van der Waals surface area contributed by atoms with Crippen molar-refractivity contribution in [2.45, 2.75) is 44.9 Å². The zero-order chi connectivity index (χ0) is 17.2. The Balaban J connectivity index is 1.59. The second-order valence-electron chi connectivity index (χ2n) is 6.57. The van der Waals surface area contributed by atoms with Gasteiger partial charge in [-0.05, 0) is 49.3 Å². The van der Waals surface area contributed by atoms with Crippen molar-refractivity contribution in [1.29, 1.82) is 0 Å². The van der Waals surface area contributed by atoms with Gasteiger partial charge in [-0.3, -0.25) is 4.98 Å². The van der Waals surface area contributed by atoms with Crippen molar-refractivity contribution in [2.24, 2.45) is 0 Å². The number of hydrogen-bond donors (Lipinski definition) is 1. The summed E-state index contributed by atoms with van der Waals surface area (Å²) in [4.78, 5) is 15.8. The highest BCUT2D eigenvalue weighted by atomic mass is 16.7. The molecule has 1 aliphatic carbocycles. The number of ether oxygens (including phenoxy) is 2. The highest BCUT2D eigenvalue weighted by molar-refractivity contribution is 5.93. The van der Waals surface area contributed by atoms with Gasteiger partial charge < -0.3 is 19.1 Å². The van der Waals surface area contributed by atoms with Crippen molar-refractivity contribution in [3.8, 4) is 11.3 Å². The molecule has 0 radical (unpaired) electrons. The van der Waals surface area contributed by atoms with E-state index in [2.05, 4.69) is 4.98 Å². The normalized spacial score (nSPS) is 19.3. The molecule has 1 aliphatic heterocycles. The Hall–Kier alpha value is -2.18. The highest BCUT2D eigenvalue weighted by Crippen LogP contribution is 2.36. The first-order valence-corrected chi connectivity index (χ1v) is 8.86. The number of pyridine rings is 1. The van der Waals surface area contributed by atoms with E-state index >= 15 is 0 Å². The van der Waals surface area contributed by atoms with E-state index < -0.39 is 5.97 Å². The van der Waals surface area contributed by atoms with Crippen molar-refractivity contribution < 1.29 is 19.4 Å². The predicted molar refractivity (Wildman–Crippen MR) is 91.6 cm³/mol. The Morgan fingerprint density at radius 1 is 1.40 bits per heavy atom. The van der Waals surface area contributed by atoms with Gasteiger partial charge >= 0.3 is 5.97 Å². The van der Waals surface area contributed by atoms with Crippen LogP contribution in [-0.2, 0) is 28.9 Å². The van der Waals surface area contributed by atoms with Crippen molar-refractivity contribution in [3.05, 3.63) is 41.3 Å². The van der Waals surface area contributed by atoms with E-state index in [1.165, 1.54) is 5.56 Å². The molecule has 0 amide bonds. The van der Waals surface area contributed by atoms with E-state index in [1.807, 2.05) is 16.8 Å². The van der Waals surface area contributed by atoms with Gasteiger partial charge in [0.05, 0.1) is 17.9 Å². The molecule has 132 valence electrons. The van der Waals surface area contributed by atoms with Crippen LogP contribution < -0.4 is 0 Å². The van der Waals surface area contributed by atoms with Gasteiger partial charge in [0.15, 0.2) is 6.29 Å². The van der Waals surface area contributed by atoms with E-state index in [0.717, 1.165) is 55.5 Å². The van der Waals surface area contributed by atoms with Gasteiger partial charge in [0.1, 0.15) is 0 Å². The molecule has 2 aliphatic rings. The van der Waals surface area contributed by atoms with Crippen LogP contribution in [0.1, 0.15) is 40.7 Å². The minimum absolute atomic E-state index is 0.129. The van der Waals surface area contributed by atoms with Gasteiger partial charge in [-0.25, -0.2) is 4.79 Å². The summed E-state index contributed by atoms with van der Waals surface area (Å²) in [6, 6.07) is 1.97. The average molecular weight is 342 g/mol. The second-order valence-corrected chi connectivity index (χ2v) is 6.57. The minimum Gasteiger partial charge on any atom is -0.478 e. The average Bonchev–Trinajstić information content (AvgIpc) is 3.02. The summed E-state index contributed by atoms with van der Waals surface area (Å²) in [5.74, 6) is -0.871. The van der Waals surface area contributed by atoms with Gasteiger partial charge in [0, 0.05) is 37.3 Å². The first kappa shape index (κ1) is 16.3. The van der Waals surface area contributed by atoms with Gasteiger partial charge in [-0.15, -0.1) is 0 Å². The fourth-order valence-electron chi connectivity index (χ4n) is 3.77. The third-order valence-corrected chi connectivity index (χ3v) is 4.99. The van der Waals surface area contributed by atoms with E-state index in [1.54, 1.807) is 12.4 Å². The maximum Gasteiger partial charge on any atom is 0.337 e. The fourth-order valence-corrected chi connectivity index (χ4v) is 3.77. The van der Waals surface area contributed by atoms with E-state index in [9.17, 15) is 9.90 Å². The monoisotopic (exact) mass is 342 g/mol. The lowest BCUT2D eigenvalue weighted by Gasteiger charge is -2.23. The van der Waals surface area contributed by atoms with Crippen LogP contribution in [-0.4, -0.2) is 40.1 Å². The molecule has 2 aromatic heterocycles. The number of carboxylic acid groups (broad SMARTS) is 1. The summed E-state index contributed by atoms with van der Waals surface area (Å²) in [7, 11) is 0. The predicted octanol–water partition coefficient (Wildman–Crippen LogP) is 2.89. The van der Waals surface area contributed by atoms with E-state index in [4.69, 9.17) is 9.47 Å². The summed E-state index contributed by atoms with van der Waals surface area (Å²) in [6.45, 7) is 1.87. The van der Waals surface area contributed by atoms with Gasteiger partial charge in [-0.1, -0.05) is 0 Å². The number of carbonyl (C=O) groups is 1. The van der Waals surface area contributed by atoms with Crippen LogP contribution >= 0.6 is 0 Å². The van der Waals surface area contributed by atoms with Crippen molar-refractivity contribution in [2.75, 3.05) is 13.2 Å². The molecular formula is C19H22N2O4. The molecular weight excluding hydrogens is 320 g/mol. The first-order chi connectivity index (χ1) is 12.2. The third kappa shape index (κ3) is 3.19. The summed E-state index contributed by atoms with van der Waals surface area (Å²) in [6.07, 6.45) is 9.97. The van der Waals surface area contributed by atoms with Gasteiger partial charge in [0.25, 0.3) is 0 Å². The smallest absolute Gasteiger partial charge is 0.337 e. The number of aromatic nitrogens is 2. The Bertz CT molecular complexity index is 778.